The van der Waals surface area contributed by atoms with Crippen LogP contribution in [0.3, 0.4) is 0 Å². The molecule has 0 spiro atoms. The molecule has 1 aliphatic carbocycles. The second-order valence-corrected chi connectivity index (χ2v) is 7.09. The van der Waals surface area contributed by atoms with Crippen LogP contribution >= 0.6 is 0 Å². The average molecular weight is 267 g/mol. The highest BCUT2D eigenvalue weighted by Gasteiger charge is 2.37. The van der Waals surface area contributed by atoms with Crippen LogP contribution in [0.5, 0.6) is 0 Å². The molecule has 1 aliphatic heterocycles. The molecule has 1 unspecified atom stereocenters. The van der Waals surface area contributed by atoms with Gasteiger partial charge in [0.2, 0.25) is 5.91 Å². The van der Waals surface area contributed by atoms with Crippen LogP contribution in [-0.2, 0) is 4.79 Å². The minimum atomic E-state index is -0.699. The van der Waals surface area contributed by atoms with Crippen molar-refractivity contribution in [1.29, 1.82) is 0 Å². The van der Waals surface area contributed by atoms with E-state index in [2.05, 4.69) is 13.8 Å². The van der Waals surface area contributed by atoms with E-state index in [1.54, 1.807) is 0 Å². The van der Waals surface area contributed by atoms with Crippen LogP contribution in [0.4, 0.5) is 0 Å². The fourth-order valence-corrected chi connectivity index (χ4v) is 3.94. The molecule has 0 aromatic heterocycles. The molecule has 2 fully saturated rings. The molecule has 2 rings (SSSR count). The fourth-order valence-electron chi connectivity index (χ4n) is 3.94. The summed E-state index contributed by atoms with van der Waals surface area (Å²) in [5, 5.41) is 10.4. The average Bonchev–Trinajstić information content (AvgIpc) is 2.75. The van der Waals surface area contributed by atoms with Crippen molar-refractivity contribution in [3.8, 4) is 0 Å². The third-order valence-electron chi connectivity index (χ3n) is 5.00. The Labute approximate surface area is 117 Å². The predicted molar refractivity (Wildman–Crippen MR) is 76.9 cm³/mol. The third-order valence-corrected chi connectivity index (χ3v) is 5.00. The molecule has 1 saturated carbocycles. The van der Waals surface area contributed by atoms with Gasteiger partial charge in [-0.3, -0.25) is 4.79 Å². The summed E-state index contributed by atoms with van der Waals surface area (Å²) in [6, 6.07) is 0. The lowest BCUT2D eigenvalue weighted by Crippen LogP contribution is -2.47. The number of carbonyl (C=O) groups excluding carboxylic acids is 1. The lowest BCUT2D eigenvalue weighted by Gasteiger charge is -2.41. The number of likely N-dealkylation sites (tertiary alicyclic amines) is 1. The smallest absolute Gasteiger partial charge is 0.225 e. The van der Waals surface area contributed by atoms with Gasteiger partial charge in [-0.15, -0.1) is 0 Å². The molecule has 3 heteroatoms. The summed E-state index contributed by atoms with van der Waals surface area (Å²) in [7, 11) is 0. The van der Waals surface area contributed by atoms with E-state index < -0.39 is 5.60 Å². The number of carbonyl (C=O) groups is 1. The zero-order valence-corrected chi connectivity index (χ0v) is 12.6. The normalized spacial score (nSPS) is 30.6. The SMILES string of the molecule is CCCC1(C)CCCN(C(=O)CC2(O)CCCC2)C1. The maximum atomic E-state index is 12.4. The van der Waals surface area contributed by atoms with Gasteiger partial charge in [0.25, 0.3) is 0 Å². The molecule has 1 heterocycles. The second-order valence-electron chi connectivity index (χ2n) is 7.09. The molecular weight excluding hydrogens is 238 g/mol. The van der Waals surface area contributed by atoms with E-state index in [9.17, 15) is 9.90 Å². The van der Waals surface area contributed by atoms with Crippen LogP contribution < -0.4 is 0 Å². The van der Waals surface area contributed by atoms with Gasteiger partial charge in [0.1, 0.15) is 0 Å². The van der Waals surface area contributed by atoms with E-state index in [1.807, 2.05) is 4.90 Å². The van der Waals surface area contributed by atoms with Crippen LogP contribution in [0.25, 0.3) is 0 Å². The standard InChI is InChI=1S/C16H29NO2/c1-3-7-15(2)8-6-11-17(13-15)14(18)12-16(19)9-4-5-10-16/h19H,3-13H2,1-2H3. The Bertz CT molecular complexity index is 319. The van der Waals surface area contributed by atoms with Crippen LogP contribution in [0, 0.1) is 5.41 Å². The zero-order chi connectivity index (χ0) is 13.9. The first-order valence-electron chi connectivity index (χ1n) is 7.97. The highest BCUT2D eigenvalue weighted by molar-refractivity contribution is 5.77. The number of hydrogen-bond donors (Lipinski definition) is 1. The summed E-state index contributed by atoms with van der Waals surface area (Å²) in [5.74, 6) is 0.173. The van der Waals surface area contributed by atoms with Gasteiger partial charge in [0.15, 0.2) is 0 Å². The van der Waals surface area contributed by atoms with Crippen LogP contribution in [0.2, 0.25) is 0 Å². The molecule has 19 heavy (non-hydrogen) atoms. The summed E-state index contributed by atoms with van der Waals surface area (Å²) < 4.78 is 0. The van der Waals surface area contributed by atoms with Gasteiger partial charge in [-0.05, 0) is 37.5 Å². The Kier molecular flexibility index (Phi) is 4.54. The Hall–Kier alpha value is -0.570. The van der Waals surface area contributed by atoms with Crippen molar-refractivity contribution in [3.05, 3.63) is 0 Å². The largest absolute Gasteiger partial charge is 0.389 e. The number of aliphatic hydroxyl groups is 1. The van der Waals surface area contributed by atoms with Crippen molar-refractivity contribution < 1.29 is 9.90 Å². The molecule has 0 aromatic carbocycles. The Balaban J connectivity index is 1.91. The highest BCUT2D eigenvalue weighted by atomic mass is 16.3. The summed E-state index contributed by atoms with van der Waals surface area (Å²) in [6.45, 7) is 6.29. The molecule has 0 aromatic rings. The molecule has 0 radical (unpaired) electrons. The lowest BCUT2D eigenvalue weighted by atomic mass is 9.78. The van der Waals surface area contributed by atoms with Crippen molar-refractivity contribution in [2.45, 2.75) is 77.2 Å². The first-order chi connectivity index (χ1) is 8.96. The Morgan fingerprint density at radius 2 is 1.89 bits per heavy atom. The molecule has 1 amide bonds. The number of piperidine rings is 1. The van der Waals surface area contributed by atoms with Gasteiger partial charge in [-0.1, -0.05) is 33.1 Å². The number of nitrogens with zero attached hydrogens (tertiary/aromatic N) is 1. The number of rotatable bonds is 4. The van der Waals surface area contributed by atoms with Gasteiger partial charge in [0.05, 0.1) is 12.0 Å². The van der Waals surface area contributed by atoms with Crippen molar-refractivity contribution >= 4 is 5.91 Å². The second kappa shape index (κ2) is 5.82. The maximum Gasteiger partial charge on any atom is 0.225 e. The van der Waals surface area contributed by atoms with E-state index in [1.165, 1.54) is 19.3 Å². The molecule has 1 N–H and O–H groups in total. The van der Waals surface area contributed by atoms with Crippen LogP contribution in [0.15, 0.2) is 0 Å². The minimum absolute atomic E-state index is 0.173. The minimum Gasteiger partial charge on any atom is -0.389 e. The van der Waals surface area contributed by atoms with Gasteiger partial charge in [-0.25, -0.2) is 0 Å². The van der Waals surface area contributed by atoms with Gasteiger partial charge in [-0.2, -0.15) is 0 Å². The monoisotopic (exact) mass is 267 g/mol. The van der Waals surface area contributed by atoms with E-state index in [0.29, 0.717) is 11.8 Å². The fraction of sp³-hybridized carbons (Fsp3) is 0.938. The van der Waals surface area contributed by atoms with Gasteiger partial charge in [0, 0.05) is 13.1 Å². The molecule has 1 atom stereocenters. The molecule has 3 nitrogen and oxygen atoms in total. The lowest BCUT2D eigenvalue weighted by molar-refractivity contribution is -0.139. The van der Waals surface area contributed by atoms with Crippen molar-refractivity contribution in [2.75, 3.05) is 13.1 Å². The van der Waals surface area contributed by atoms with E-state index >= 15 is 0 Å². The number of hydrogen-bond acceptors (Lipinski definition) is 2. The van der Waals surface area contributed by atoms with Crippen molar-refractivity contribution in [1.82, 2.24) is 4.90 Å². The summed E-state index contributed by atoms with van der Waals surface area (Å²) in [6.07, 6.45) is 8.81. The van der Waals surface area contributed by atoms with Crippen molar-refractivity contribution in [3.63, 3.8) is 0 Å². The van der Waals surface area contributed by atoms with Crippen LogP contribution in [0.1, 0.15) is 71.6 Å². The quantitative estimate of drug-likeness (QED) is 0.850. The highest BCUT2D eigenvalue weighted by Crippen LogP contribution is 2.36. The third kappa shape index (κ3) is 3.71. The van der Waals surface area contributed by atoms with Crippen molar-refractivity contribution in [2.24, 2.45) is 5.41 Å². The molecular formula is C16H29NO2. The molecule has 110 valence electrons. The Morgan fingerprint density at radius 1 is 1.21 bits per heavy atom. The van der Waals surface area contributed by atoms with E-state index in [-0.39, 0.29) is 5.91 Å². The van der Waals surface area contributed by atoms with Gasteiger partial charge < -0.3 is 10.0 Å². The zero-order valence-electron chi connectivity index (χ0n) is 12.6. The van der Waals surface area contributed by atoms with Gasteiger partial charge >= 0.3 is 0 Å². The summed E-state index contributed by atoms with van der Waals surface area (Å²) >= 11 is 0. The maximum absolute atomic E-state index is 12.4. The first kappa shape index (κ1) is 14.8. The number of amides is 1. The molecule has 1 saturated heterocycles. The topological polar surface area (TPSA) is 40.5 Å². The molecule has 0 bridgehead atoms. The van der Waals surface area contributed by atoms with E-state index in [0.717, 1.165) is 45.2 Å². The molecule has 2 aliphatic rings. The summed E-state index contributed by atoms with van der Waals surface area (Å²) in [5.41, 5.74) is -0.406. The van der Waals surface area contributed by atoms with E-state index in [4.69, 9.17) is 0 Å². The summed E-state index contributed by atoms with van der Waals surface area (Å²) in [4.78, 5) is 14.4. The van der Waals surface area contributed by atoms with Crippen LogP contribution in [-0.4, -0.2) is 34.6 Å². The first-order valence-corrected chi connectivity index (χ1v) is 7.97. The predicted octanol–water partition coefficient (Wildman–Crippen LogP) is 3.11. The Morgan fingerprint density at radius 3 is 2.53 bits per heavy atom.